The van der Waals surface area contributed by atoms with E-state index in [1.807, 2.05) is 18.8 Å². The van der Waals surface area contributed by atoms with Crippen LogP contribution in [-0.4, -0.2) is 46.8 Å². The minimum Gasteiger partial charge on any atom is -0.354 e. The first kappa shape index (κ1) is 23.7. The van der Waals surface area contributed by atoms with Crippen molar-refractivity contribution < 1.29 is 0 Å². The third-order valence-corrected chi connectivity index (χ3v) is 6.02. The maximum atomic E-state index is 4.49. The highest BCUT2D eigenvalue weighted by molar-refractivity contribution is 14.0. The summed E-state index contributed by atoms with van der Waals surface area (Å²) in [6.45, 7) is 9.43. The van der Waals surface area contributed by atoms with Crippen LogP contribution in [0.5, 0.6) is 0 Å². The number of aromatic nitrogens is 2. The summed E-state index contributed by atoms with van der Waals surface area (Å²) < 4.78 is 1.94. The summed E-state index contributed by atoms with van der Waals surface area (Å²) in [4.78, 5) is 6.99. The number of likely N-dealkylation sites (tertiary alicyclic amines) is 1. The third kappa shape index (κ3) is 5.94. The molecule has 2 aromatic rings. The summed E-state index contributed by atoms with van der Waals surface area (Å²) in [7, 11) is 3.83. The van der Waals surface area contributed by atoms with Gasteiger partial charge in [0.15, 0.2) is 5.96 Å². The third-order valence-electron chi connectivity index (χ3n) is 6.02. The Labute approximate surface area is 192 Å². The first-order valence-electron chi connectivity index (χ1n) is 10.2. The zero-order valence-corrected chi connectivity index (χ0v) is 20.6. The van der Waals surface area contributed by atoms with Crippen LogP contribution in [-0.2, 0) is 13.6 Å². The molecule has 2 N–H and O–H groups in total. The smallest absolute Gasteiger partial charge is 0.191 e. The van der Waals surface area contributed by atoms with Crippen molar-refractivity contribution in [3.05, 3.63) is 52.8 Å². The van der Waals surface area contributed by atoms with Gasteiger partial charge in [0.05, 0.1) is 5.69 Å². The van der Waals surface area contributed by atoms with Crippen molar-refractivity contribution in [2.75, 3.05) is 20.1 Å². The molecule has 3 rings (SSSR count). The predicted molar refractivity (Wildman–Crippen MR) is 131 cm³/mol. The van der Waals surface area contributed by atoms with E-state index < -0.39 is 0 Å². The SMILES string of the molecule is CN=C(NCc1c(C)nn(C)c1C)NC1CCN(C(C)c2ccccc2)CC1.I. The van der Waals surface area contributed by atoms with E-state index in [4.69, 9.17) is 0 Å². The highest BCUT2D eigenvalue weighted by Gasteiger charge is 2.24. The zero-order chi connectivity index (χ0) is 20.1. The number of halogens is 1. The first-order valence-corrected chi connectivity index (χ1v) is 10.2. The van der Waals surface area contributed by atoms with Gasteiger partial charge in [-0.05, 0) is 39.2 Å². The predicted octanol–water partition coefficient (Wildman–Crippen LogP) is 3.55. The van der Waals surface area contributed by atoms with E-state index in [9.17, 15) is 0 Å². The minimum absolute atomic E-state index is 0. The van der Waals surface area contributed by atoms with Crippen LogP contribution in [0.25, 0.3) is 0 Å². The van der Waals surface area contributed by atoms with E-state index in [1.54, 1.807) is 0 Å². The molecule has 0 amide bonds. The van der Waals surface area contributed by atoms with Gasteiger partial charge < -0.3 is 10.6 Å². The Hall–Kier alpha value is -1.61. The number of guanidine groups is 1. The minimum atomic E-state index is 0. The summed E-state index contributed by atoms with van der Waals surface area (Å²) in [5.74, 6) is 0.872. The van der Waals surface area contributed by atoms with Crippen molar-refractivity contribution in [2.45, 2.75) is 52.2 Å². The van der Waals surface area contributed by atoms with Gasteiger partial charge in [0.1, 0.15) is 0 Å². The number of hydrogen-bond acceptors (Lipinski definition) is 3. The van der Waals surface area contributed by atoms with Crippen molar-refractivity contribution in [3.63, 3.8) is 0 Å². The van der Waals surface area contributed by atoms with E-state index in [2.05, 4.69) is 76.7 Å². The Kier molecular flexibility index (Phi) is 8.95. The fraction of sp³-hybridized carbons (Fsp3) is 0.545. The molecular weight excluding hydrogens is 475 g/mol. The van der Waals surface area contributed by atoms with Crippen molar-refractivity contribution in [1.29, 1.82) is 0 Å². The first-order chi connectivity index (χ1) is 13.5. The molecule has 1 aromatic heterocycles. The lowest BCUT2D eigenvalue weighted by atomic mass is 10.0. The van der Waals surface area contributed by atoms with Crippen LogP contribution < -0.4 is 10.6 Å². The van der Waals surface area contributed by atoms with Crippen LogP contribution in [0.2, 0.25) is 0 Å². The normalized spacial score (nSPS) is 16.9. The van der Waals surface area contributed by atoms with Gasteiger partial charge in [-0.2, -0.15) is 5.10 Å². The Bertz CT molecular complexity index is 793. The number of aryl methyl sites for hydroxylation is 2. The van der Waals surface area contributed by atoms with Gasteiger partial charge in [-0.3, -0.25) is 14.6 Å². The van der Waals surface area contributed by atoms with Gasteiger partial charge in [0.25, 0.3) is 0 Å². The summed E-state index contributed by atoms with van der Waals surface area (Å²) in [6, 6.07) is 11.7. The van der Waals surface area contributed by atoms with Gasteiger partial charge in [-0.1, -0.05) is 30.3 Å². The number of nitrogens with zero attached hydrogens (tertiary/aromatic N) is 4. The van der Waals surface area contributed by atoms with Crippen LogP contribution in [0.3, 0.4) is 0 Å². The molecule has 160 valence electrons. The van der Waals surface area contributed by atoms with Gasteiger partial charge >= 0.3 is 0 Å². The standard InChI is InChI=1S/C22H34N6.HI/c1-16-21(18(3)27(5)26-16)15-24-22(23-4)25-20-11-13-28(14-12-20)17(2)19-9-7-6-8-10-19;/h6-10,17,20H,11-15H2,1-5H3,(H2,23,24,25);1H. The van der Waals surface area contributed by atoms with Crippen molar-refractivity contribution >= 4 is 29.9 Å². The van der Waals surface area contributed by atoms with Crippen molar-refractivity contribution in [2.24, 2.45) is 12.0 Å². The largest absolute Gasteiger partial charge is 0.354 e. The summed E-state index contributed by atoms with van der Waals surface area (Å²) >= 11 is 0. The Morgan fingerprint density at radius 2 is 1.86 bits per heavy atom. The highest BCUT2D eigenvalue weighted by Crippen LogP contribution is 2.24. The molecule has 29 heavy (non-hydrogen) atoms. The molecule has 1 atom stereocenters. The summed E-state index contributed by atoms with van der Waals surface area (Å²) in [6.07, 6.45) is 2.26. The highest BCUT2D eigenvalue weighted by atomic mass is 127. The van der Waals surface area contributed by atoms with Crippen LogP contribution in [0.1, 0.15) is 48.3 Å². The molecule has 1 aliphatic rings. The number of benzene rings is 1. The molecule has 1 fully saturated rings. The van der Waals surface area contributed by atoms with Crippen LogP contribution in [0, 0.1) is 13.8 Å². The maximum Gasteiger partial charge on any atom is 0.191 e. The number of nitrogens with one attached hydrogen (secondary N) is 2. The quantitative estimate of drug-likeness (QED) is 0.367. The number of hydrogen-bond donors (Lipinski definition) is 2. The molecule has 1 aromatic carbocycles. The van der Waals surface area contributed by atoms with Crippen LogP contribution >= 0.6 is 24.0 Å². The average molecular weight is 510 g/mol. The fourth-order valence-corrected chi connectivity index (χ4v) is 4.01. The Morgan fingerprint density at radius 3 is 2.41 bits per heavy atom. The van der Waals surface area contributed by atoms with E-state index in [0.29, 0.717) is 12.1 Å². The topological polar surface area (TPSA) is 57.5 Å². The summed E-state index contributed by atoms with van der Waals surface area (Å²) in [5, 5.41) is 11.6. The molecule has 0 radical (unpaired) electrons. The molecule has 0 bridgehead atoms. The second-order valence-corrected chi connectivity index (χ2v) is 7.74. The molecule has 0 aliphatic carbocycles. The molecule has 0 saturated carbocycles. The number of aliphatic imine (C=N–C) groups is 1. The molecule has 1 aliphatic heterocycles. The Morgan fingerprint density at radius 1 is 1.21 bits per heavy atom. The van der Waals surface area contributed by atoms with Gasteiger partial charge in [-0.25, -0.2) is 0 Å². The average Bonchev–Trinajstić information content (AvgIpc) is 2.97. The maximum absolute atomic E-state index is 4.49. The second-order valence-electron chi connectivity index (χ2n) is 7.74. The molecular formula is C22H35IN6. The van der Waals surface area contributed by atoms with Crippen LogP contribution in [0.4, 0.5) is 0 Å². The summed E-state index contributed by atoms with van der Waals surface area (Å²) in [5.41, 5.74) is 4.92. The lowest BCUT2D eigenvalue weighted by Gasteiger charge is -2.37. The molecule has 1 saturated heterocycles. The van der Waals surface area contributed by atoms with Gasteiger partial charge in [-0.15, -0.1) is 24.0 Å². The fourth-order valence-electron chi connectivity index (χ4n) is 4.01. The number of rotatable bonds is 5. The Balaban J connectivity index is 0.00000300. The zero-order valence-electron chi connectivity index (χ0n) is 18.3. The monoisotopic (exact) mass is 510 g/mol. The van der Waals surface area contributed by atoms with E-state index in [1.165, 1.54) is 16.8 Å². The van der Waals surface area contributed by atoms with Crippen molar-refractivity contribution in [3.8, 4) is 0 Å². The van der Waals surface area contributed by atoms with Crippen LogP contribution in [0.15, 0.2) is 35.3 Å². The second kappa shape index (κ2) is 11.0. The van der Waals surface area contributed by atoms with E-state index in [0.717, 1.165) is 44.1 Å². The molecule has 7 heteroatoms. The lowest BCUT2D eigenvalue weighted by molar-refractivity contribution is 0.158. The molecule has 2 heterocycles. The molecule has 1 unspecified atom stereocenters. The molecule has 0 spiro atoms. The van der Waals surface area contributed by atoms with E-state index in [-0.39, 0.29) is 24.0 Å². The lowest BCUT2D eigenvalue weighted by Crippen LogP contribution is -2.48. The van der Waals surface area contributed by atoms with Gasteiger partial charge in [0, 0.05) is 57.1 Å². The van der Waals surface area contributed by atoms with E-state index >= 15 is 0 Å². The number of piperidine rings is 1. The van der Waals surface area contributed by atoms with Gasteiger partial charge in [0.2, 0.25) is 0 Å². The molecule has 6 nitrogen and oxygen atoms in total. The van der Waals surface area contributed by atoms with Crippen molar-refractivity contribution in [1.82, 2.24) is 25.3 Å².